The highest BCUT2D eigenvalue weighted by atomic mass is 35.5. The minimum absolute atomic E-state index is 0.0571. The maximum atomic E-state index is 12.7. The van der Waals surface area contributed by atoms with E-state index in [1.54, 1.807) is 27.6 Å². The van der Waals surface area contributed by atoms with Crippen molar-refractivity contribution in [2.24, 2.45) is 0 Å². The molecule has 0 aliphatic rings. The Bertz CT molecular complexity index is 812. The van der Waals surface area contributed by atoms with Gasteiger partial charge < -0.3 is 0 Å². The second kappa shape index (κ2) is 7.61. The molecule has 0 unspecified atom stereocenters. The Labute approximate surface area is 154 Å². The minimum atomic E-state index is 0.0571. The molecule has 0 spiro atoms. The smallest absolute Gasteiger partial charge is 0.242 e. The van der Waals surface area contributed by atoms with Crippen LogP contribution in [-0.2, 0) is 11.3 Å². The Morgan fingerprint density at radius 2 is 2.00 bits per heavy atom. The molecule has 1 amide bonds. The number of thiazole rings is 1. The van der Waals surface area contributed by atoms with Gasteiger partial charge in [-0.2, -0.15) is 0 Å². The fraction of sp³-hybridized carbons (Fsp3) is 0.294. The van der Waals surface area contributed by atoms with Crippen LogP contribution in [-0.4, -0.2) is 35.9 Å². The van der Waals surface area contributed by atoms with E-state index in [2.05, 4.69) is 4.98 Å². The van der Waals surface area contributed by atoms with Crippen molar-refractivity contribution in [1.29, 1.82) is 0 Å². The van der Waals surface area contributed by atoms with E-state index in [1.165, 1.54) is 0 Å². The maximum absolute atomic E-state index is 12.7. The van der Waals surface area contributed by atoms with Gasteiger partial charge in [0.1, 0.15) is 0 Å². The van der Waals surface area contributed by atoms with E-state index in [4.69, 9.17) is 11.6 Å². The van der Waals surface area contributed by atoms with E-state index in [9.17, 15) is 4.79 Å². The first-order valence-corrected chi connectivity index (χ1v) is 9.66. The second-order valence-corrected chi connectivity index (χ2v) is 8.29. The molecule has 0 fully saturated rings. The fourth-order valence-corrected chi connectivity index (χ4v) is 4.68. The number of benzene rings is 1. The maximum Gasteiger partial charge on any atom is 0.242 e. The second-order valence-electron chi connectivity index (χ2n) is 5.48. The molecule has 1 aromatic carbocycles. The number of carbonyl (C=O) groups is 1. The highest BCUT2D eigenvalue weighted by Crippen LogP contribution is 2.28. The van der Waals surface area contributed by atoms with Crippen LogP contribution in [0.25, 0.3) is 10.2 Å². The number of halogens is 1. The van der Waals surface area contributed by atoms with Gasteiger partial charge in [-0.05, 0) is 38.2 Å². The summed E-state index contributed by atoms with van der Waals surface area (Å²) in [7, 11) is 1.94. The zero-order valence-corrected chi connectivity index (χ0v) is 15.9. The van der Waals surface area contributed by atoms with Gasteiger partial charge in [-0.3, -0.25) is 14.6 Å². The Kier molecular flexibility index (Phi) is 5.50. The van der Waals surface area contributed by atoms with Gasteiger partial charge in [0.2, 0.25) is 5.91 Å². The van der Waals surface area contributed by atoms with Gasteiger partial charge in [0, 0.05) is 18.0 Å². The number of thiophene rings is 1. The zero-order valence-electron chi connectivity index (χ0n) is 13.5. The molecular weight excluding hydrogens is 362 g/mol. The van der Waals surface area contributed by atoms with Crippen LogP contribution in [0.15, 0.2) is 36.4 Å². The molecule has 3 rings (SSSR count). The number of hydrogen-bond acceptors (Lipinski definition) is 5. The molecular formula is C17H18ClN3OS2. The van der Waals surface area contributed by atoms with E-state index in [1.807, 2.05) is 55.3 Å². The Morgan fingerprint density at radius 1 is 1.21 bits per heavy atom. The lowest BCUT2D eigenvalue weighted by Crippen LogP contribution is -2.38. The summed E-state index contributed by atoms with van der Waals surface area (Å²) in [6.45, 7) is 3.64. The van der Waals surface area contributed by atoms with Crippen LogP contribution >= 0.6 is 34.3 Å². The quantitative estimate of drug-likeness (QED) is 0.632. The molecule has 24 heavy (non-hydrogen) atoms. The van der Waals surface area contributed by atoms with Crippen molar-refractivity contribution in [3.8, 4) is 0 Å². The summed E-state index contributed by atoms with van der Waals surface area (Å²) in [5.74, 6) is 0.0571. The molecule has 2 heterocycles. The molecule has 0 saturated carbocycles. The van der Waals surface area contributed by atoms with Gasteiger partial charge in [-0.1, -0.05) is 35.1 Å². The highest BCUT2D eigenvalue weighted by Gasteiger charge is 2.19. The molecule has 0 aliphatic carbocycles. The number of hydrogen-bond donors (Lipinski definition) is 0. The average Bonchev–Trinajstić information content (AvgIpc) is 3.13. The lowest BCUT2D eigenvalue weighted by Gasteiger charge is -2.21. The first-order chi connectivity index (χ1) is 11.6. The van der Waals surface area contributed by atoms with Crippen LogP contribution in [0.3, 0.4) is 0 Å². The monoisotopic (exact) mass is 379 g/mol. The number of nitrogens with zero attached hydrogens (tertiary/aromatic N) is 3. The van der Waals surface area contributed by atoms with Crippen molar-refractivity contribution in [2.45, 2.75) is 13.5 Å². The van der Waals surface area contributed by atoms with Crippen molar-refractivity contribution in [1.82, 2.24) is 9.88 Å². The Hall–Kier alpha value is -1.47. The molecule has 0 bridgehead atoms. The van der Waals surface area contributed by atoms with Gasteiger partial charge in [-0.15, -0.1) is 11.3 Å². The van der Waals surface area contributed by atoms with Crippen molar-refractivity contribution < 1.29 is 4.79 Å². The van der Waals surface area contributed by atoms with Crippen molar-refractivity contribution in [3.63, 3.8) is 0 Å². The van der Waals surface area contributed by atoms with E-state index in [-0.39, 0.29) is 5.91 Å². The summed E-state index contributed by atoms with van der Waals surface area (Å²) in [6.07, 6.45) is 0. The molecule has 4 nitrogen and oxygen atoms in total. The molecule has 0 saturated heterocycles. The molecule has 0 atom stereocenters. The predicted octanol–water partition coefficient (Wildman–Crippen LogP) is 4.50. The van der Waals surface area contributed by atoms with Crippen LogP contribution in [0.1, 0.15) is 11.8 Å². The molecule has 0 radical (unpaired) electrons. The van der Waals surface area contributed by atoms with Gasteiger partial charge in [0.25, 0.3) is 0 Å². The topological polar surface area (TPSA) is 36.4 Å². The number of likely N-dealkylation sites (N-methyl/N-ethyl adjacent to an activating group) is 2. The van der Waals surface area contributed by atoms with Crippen molar-refractivity contribution >= 4 is 55.5 Å². The number of amides is 1. The first-order valence-electron chi connectivity index (χ1n) is 7.65. The van der Waals surface area contributed by atoms with Crippen LogP contribution in [0, 0.1) is 0 Å². The first kappa shape index (κ1) is 17.4. The summed E-state index contributed by atoms with van der Waals surface area (Å²) in [5, 5.41) is 0.760. The number of fused-ring (bicyclic) bond motifs is 1. The number of carbonyl (C=O) groups excluding carboxylic acids is 1. The summed E-state index contributed by atoms with van der Waals surface area (Å²) in [6, 6.07) is 11.8. The van der Waals surface area contributed by atoms with E-state index in [0.29, 0.717) is 19.6 Å². The van der Waals surface area contributed by atoms with Gasteiger partial charge in [0.15, 0.2) is 5.13 Å². The van der Waals surface area contributed by atoms with E-state index < -0.39 is 0 Å². The molecule has 2 aromatic heterocycles. The largest absolute Gasteiger partial charge is 0.292 e. The van der Waals surface area contributed by atoms with Gasteiger partial charge >= 0.3 is 0 Å². The SMILES string of the molecule is CCN(C(=O)CN(C)Cc1ccc(Cl)s1)c1nc2ccccc2s1. The number of para-hydroxylation sites is 1. The molecule has 3 aromatic rings. The summed E-state index contributed by atoms with van der Waals surface area (Å²) >= 11 is 9.06. The average molecular weight is 380 g/mol. The third-order valence-electron chi connectivity index (χ3n) is 3.59. The van der Waals surface area contributed by atoms with Gasteiger partial charge in [0.05, 0.1) is 21.1 Å². The normalized spacial score (nSPS) is 11.3. The number of aromatic nitrogens is 1. The van der Waals surface area contributed by atoms with Crippen molar-refractivity contribution in [3.05, 3.63) is 45.6 Å². The van der Waals surface area contributed by atoms with Crippen LogP contribution in [0.2, 0.25) is 4.34 Å². The Morgan fingerprint density at radius 3 is 2.67 bits per heavy atom. The molecule has 0 aliphatic heterocycles. The van der Waals surface area contributed by atoms with Crippen LogP contribution in [0.5, 0.6) is 0 Å². The minimum Gasteiger partial charge on any atom is -0.292 e. The fourth-order valence-electron chi connectivity index (χ4n) is 2.47. The number of anilines is 1. The predicted molar refractivity (Wildman–Crippen MR) is 103 cm³/mol. The molecule has 7 heteroatoms. The standard InChI is InChI=1S/C17H18ClN3OS2/c1-3-21(17-19-13-6-4-5-7-14(13)24-17)16(22)11-20(2)10-12-8-9-15(18)23-12/h4-9H,3,10-11H2,1-2H3. The lowest BCUT2D eigenvalue weighted by molar-refractivity contribution is -0.119. The number of rotatable bonds is 6. The van der Waals surface area contributed by atoms with Gasteiger partial charge in [-0.25, -0.2) is 4.98 Å². The van der Waals surface area contributed by atoms with Crippen LogP contribution in [0.4, 0.5) is 5.13 Å². The van der Waals surface area contributed by atoms with Crippen molar-refractivity contribution in [2.75, 3.05) is 25.0 Å². The van der Waals surface area contributed by atoms with Crippen LogP contribution < -0.4 is 4.90 Å². The summed E-state index contributed by atoms with van der Waals surface area (Å²) in [5.41, 5.74) is 0.935. The van der Waals surface area contributed by atoms with E-state index in [0.717, 1.165) is 24.6 Å². The molecule has 0 N–H and O–H groups in total. The van der Waals surface area contributed by atoms with E-state index >= 15 is 0 Å². The highest BCUT2D eigenvalue weighted by molar-refractivity contribution is 7.22. The summed E-state index contributed by atoms with van der Waals surface area (Å²) in [4.78, 5) is 22.2. The zero-order chi connectivity index (χ0) is 17.1. The third kappa shape index (κ3) is 3.95. The summed E-state index contributed by atoms with van der Waals surface area (Å²) < 4.78 is 1.87. The molecule has 126 valence electrons. The Balaban J connectivity index is 1.69. The third-order valence-corrected chi connectivity index (χ3v) is 5.87. The lowest BCUT2D eigenvalue weighted by atomic mass is 10.3.